The number of carbonyl (C=O) groups excluding carboxylic acids is 1. The Morgan fingerprint density at radius 1 is 0.931 bits per heavy atom. The molecule has 0 radical (unpaired) electrons. The first-order chi connectivity index (χ1) is 14.0. The average Bonchev–Trinajstić information content (AvgIpc) is 2.74. The van der Waals surface area contributed by atoms with E-state index >= 15 is 0 Å². The van der Waals surface area contributed by atoms with Gasteiger partial charge in [-0.15, -0.1) is 0 Å². The second-order valence-corrected chi connectivity index (χ2v) is 6.51. The standard InChI is InChI=1S/C23H18ClNO4/c24-19-12-6-4-11-18(19)15-29-21-13-7-5-10-17(21)14-20(23(27)28)25-22(26)16-8-2-1-3-9-16/h1-14H,15H2,(H,25,26)(H,27,28)/b20-14+. The van der Waals surface area contributed by atoms with E-state index in [1.54, 1.807) is 60.7 Å². The van der Waals surface area contributed by atoms with E-state index in [4.69, 9.17) is 16.3 Å². The summed E-state index contributed by atoms with van der Waals surface area (Å²) in [6.07, 6.45) is 1.37. The van der Waals surface area contributed by atoms with E-state index in [9.17, 15) is 14.7 Å². The van der Waals surface area contributed by atoms with Crippen molar-refractivity contribution in [1.29, 1.82) is 0 Å². The Morgan fingerprint density at radius 3 is 2.31 bits per heavy atom. The normalized spacial score (nSPS) is 11.0. The number of carboxylic acids is 1. The molecule has 3 rings (SSSR count). The van der Waals surface area contributed by atoms with Gasteiger partial charge in [0.1, 0.15) is 18.1 Å². The Kier molecular flexibility index (Phi) is 6.66. The largest absolute Gasteiger partial charge is 0.488 e. The van der Waals surface area contributed by atoms with Crippen molar-refractivity contribution < 1.29 is 19.4 Å². The highest BCUT2D eigenvalue weighted by Crippen LogP contribution is 2.24. The zero-order valence-electron chi connectivity index (χ0n) is 15.3. The minimum absolute atomic E-state index is 0.226. The molecule has 146 valence electrons. The number of ether oxygens (including phenoxy) is 1. The van der Waals surface area contributed by atoms with Crippen molar-refractivity contribution >= 4 is 29.6 Å². The highest BCUT2D eigenvalue weighted by atomic mass is 35.5. The Labute approximate surface area is 173 Å². The van der Waals surface area contributed by atoms with Crippen LogP contribution in [0.25, 0.3) is 6.08 Å². The van der Waals surface area contributed by atoms with Gasteiger partial charge in [0, 0.05) is 21.7 Å². The lowest BCUT2D eigenvalue weighted by atomic mass is 10.1. The Morgan fingerprint density at radius 2 is 1.59 bits per heavy atom. The number of para-hydroxylation sites is 1. The van der Waals surface area contributed by atoms with Crippen molar-refractivity contribution in [2.75, 3.05) is 0 Å². The first kappa shape index (κ1) is 20.2. The van der Waals surface area contributed by atoms with Crippen molar-refractivity contribution in [1.82, 2.24) is 5.32 Å². The maximum Gasteiger partial charge on any atom is 0.352 e. The van der Waals surface area contributed by atoms with E-state index in [0.717, 1.165) is 5.56 Å². The lowest BCUT2D eigenvalue weighted by Gasteiger charge is -2.11. The lowest BCUT2D eigenvalue weighted by Crippen LogP contribution is -2.27. The van der Waals surface area contributed by atoms with E-state index in [1.807, 2.05) is 18.2 Å². The first-order valence-corrected chi connectivity index (χ1v) is 9.19. The van der Waals surface area contributed by atoms with Gasteiger partial charge in [-0.05, 0) is 30.3 Å². The molecule has 0 aliphatic heterocycles. The Hall–Kier alpha value is -3.57. The van der Waals surface area contributed by atoms with Gasteiger partial charge in [0.2, 0.25) is 0 Å². The van der Waals surface area contributed by atoms with Crippen LogP contribution in [0.2, 0.25) is 5.02 Å². The van der Waals surface area contributed by atoms with Gasteiger partial charge in [0.15, 0.2) is 0 Å². The molecule has 0 bridgehead atoms. The molecular formula is C23H18ClNO4. The van der Waals surface area contributed by atoms with E-state index in [1.165, 1.54) is 6.08 Å². The van der Waals surface area contributed by atoms with E-state index in [0.29, 0.717) is 21.9 Å². The summed E-state index contributed by atoms with van der Waals surface area (Å²) >= 11 is 6.15. The molecule has 0 aliphatic rings. The molecule has 0 fully saturated rings. The molecule has 29 heavy (non-hydrogen) atoms. The molecular weight excluding hydrogens is 390 g/mol. The van der Waals surface area contributed by atoms with Gasteiger partial charge < -0.3 is 15.2 Å². The molecule has 0 unspecified atom stereocenters. The fourth-order valence-electron chi connectivity index (χ4n) is 2.59. The average molecular weight is 408 g/mol. The second kappa shape index (κ2) is 9.57. The molecule has 0 aromatic heterocycles. The number of hydrogen-bond donors (Lipinski definition) is 2. The highest BCUT2D eigenvalue weighted by molar-refractivity contribution is 6.31. The predicted molar refractivity (Wildman–Crippen MR) is 112 cm³/mol. The van der Waals surface area contributed by atoms with Crippen LogP contribution in [0.15, 0.2) is 84.6 Å². The fraction of sp³-hybridized carbons (Fsp3) is 0.0435. The molecule has 5 nitrogen and oxygen atoms in total. The Balaban J connectivity index is 1.82. The molecule has 6 heteroatoms. The van der Waals surface area contributed by atoms with Gasteiger partial charge in [0.25, 0.3) is 5.91 Å². The quantitative estimate of drug-likeness (QED) is 0.553. The summed E-state index contributed by atoms with van der Waals surface area (Å²) in [4.78, 5) is 24.0. The monoisotopic (exact) mass is 407 g/mol. The maximum absolute atomic E-state index is 12.3. The number of rotatable bonds is 7. The van der Waals surface area contributed by atoms with Crippen LogP contribution in [0.4, 0.5) is 0 Å². The van der Waals surface area contributed by atoms with Crippen LogP contribution in [0, 0.1) is 0 Å². The Bertz CT molecular complexity index is 1050. The van der Waals surface area contributed by atoms with Crippen LogP contribution >= 0.6 is 11.6 Å². The number of nitrogens with one attached hydrogen (secondary N) is 1. The van der Waals surface area contributed by atoms with Crippen molar-refractivity contribution in [2.45, 2.75) is 6.61 Å². The molecule has 3 aromatic carbocycles. The zero-order chi connectivity index (χ0) is 20.6. The summed E-state index contributed by atoms with van der Waals surface area (Å²) in [5.41, 5.74) is 1.43. The number of carboxylic acid groups (broad SMARTS) is 1. The minimum Gasteiger partial charge on any atom is -0.488 e. The third-order valence-electron chi connectivity index (χ3n) is 4.07. The first-order valence-electron chi connectivity index (χ1n) is 8.81. The molecule has 0 spiro atoms. The van der Waals surface area contributed by atoms with Crippen molar-refractivity contribution in [3.8, 4) is 5.75 Å². The fourth-order valence-corrected chi connectivity index (χ4v) is 2.78. The zero-order valence-corrected chi connectivity index (χ0v) is 16.1. The predicted octanol–water partition coefficient (Wildman–Crippen LogP) is 4.77. The third-order valence-corrected chi connectivity index (χ3v) is 4.44. The molecule has 0 atom stereocenters. The molecule has 3 aromatic rings. The molecule has 2 N–H and O–H groups in total. The minimum atomic E-state index is -1.25. The van der Waals surface area contributed by atoms with Crippen LogP contribution in [0.5, 0.6) is 5.75 Å². The molecule has 0 saturated carbocycles. The van der Waals surface area contributed by atoms with Gasteiger partial charge in [-0.2, -0.15) is 0 Å². The van der Waals surface area contributed by atoms with Crippen molar-refractivity contribution in [2.24, 2.45) is 0 Å². The summed E-state index contributed by atoms with van der Waals surface area (Å²) in [6.45, 7) is 0.226. The van der Waals surface area contributed by atoms with Gasteiger partial charge in [-0.25, -0.2) is 4.79 Å². The SMILES string of the molecule is O=C(O)/C(=C\c1ccccc1OCc1ccccc1Cl)NC(=O)c1ccccc1. The number of aliphatic carboxylic acids is 1. The summed E-state index contributed by atoms with van der Waals surface area (Å²) in [7, 11) is 0. The van der Waals surface area contributed by atoms with E-state index in [2.05, 4.69) is 5.32 Å². The van der Waals surface area contributed by atoms with Gasteiger partial charge >= 0.3 is 5.97 Å². The van der Waals surface area contributed by atoms with Crippen molar-refractivity contribution in [3.63, 3.8) is 0 Å². The number of benzene rings is 3. The third kappa shape index (κ3) is 5.46. The second-order valence-electron chi connectivity index (χ2n) is 6.10. The lowest BCUT2D eigenvalue weighted by molar-refractivity contribution is -0.132. The smallest absolute Gasteiger partial charge is 0.352 e. The van der Waals surface area contributed by atoms with Gasteiger partial charge in [-0.3, -0.25) is 4.79 Å². The van der Waals surface area contributed by atoms with Crippen molar-refractivity contribution in [3.05, 3.63) is 106 Å². The van der Waals surface area contributed by atoms with Crippen LogP contribution in [0.1, 0.15) is 21.5 Å². The van der Waals surface area contributed by atoms with Gasteiger partial charge in [0.05, 0.1) is 0 Å². The molecule has 0 heterocycles. The molecule has 1 amide bonds. The van der Waals surface area contributed by atoms with E-state index < -0.39 is 11.9 Å². The topological polar surface area (TPSA) is 75.6 Å². The van der Waals surface area contributed by atoms with Gasteiger partial charge in [-0.1, -0.05) is 66.2 Å². The number of hydrogen-bond acceptors (Lipinski definition) is 3. The van der Waals surface area contributed by atoms with E-state index in [-0.39, 0.29) is 12.3 Å². The number of carbonyl (C=O) groups is 2. The van der Waals surface area contributed by atoms with Crippen LogP contribution in [-0.4, -0.2) is 17.0 Å². The molecule has 0 saturated heterocycles. The van der Waals surface area contributed by atoms with Crippen LogP contribution < -0.4 is 10.1 Å². The summed E-state index contributed by atoms with van der Waals surface area (Å²) in [5.74, 6) is -1.29. The summed E-state index contributed by atoms with van der Waals surface area (Å²) < 4.78 is 5.84. The molecule has 0 aliphatic carbocycles. The summed E-state index contributed by atoms with van der Waals surface area (Å²) in [5, 5.41) is 12.5. The maximum atomic E-state index is 12.3. The summed E-state index contributed by atoms with van der Waals surface area (Å²) in [6, 6.07) is 22.7. The number of amides is 1. The van der Waals surface area contributed by atoms with Crippen LogP contribution in [-0.2, 0) is 11.4 Å². The number of halogens is 1. The van der Waals surface area contributed by atoms with Crippen LogP contribution in [0.3, 0.4) is 0 Å². The highest BCUT2D eigenvalue weighted by Gasteiger charge is 2.14.